The molecule has 0 N–H and O–H groups in total. The van der Waals surface area contributed by atoms with Crippen molar-refractivity contribution in [3.8, 4) is 0 Å². The Labute approximate surface area is 82.7 Å². The normalized spacial score (nSPS) is 16.0. The SMILES string of the molecule is CCCCC(CC)C(Cl)CCC. The van der Waals surface area contributed by atoms with Gasteiger partial charge in [-0.25, -0.2) is 0 Å². The Morgan fingerprint density at radius 2 is 1.67 bits per heavy atom. The third-order valence-corrected chi connectivity index (χ3v) is 3.10. The zero-order chi connectivity index (χ0) is 9.40. The minimum Gasteiger partial charge on any atom is -0.123 e. The Bertz CT molecular complexity index is 91.0. The second-order valence-electron chi connectivity index (χ2n) is 3.62. The maximum atomic E-state index is 6.28. The highest BCUT2D eigenvalue weighted by atomic mass is 35.5. The lowest BCUT2D eigenvalue weighted by Gasteiger charge is -2.19. The second kappa shape index (κ2) is 7.91. The summed E-state index contributed by atoms with van der Waals surface area (Å²) in [5.74, 6) is 0.756. The van der Waals surface area contributed by atoms with Gasteiger partial charge in [-0.15, -0.1) is 11.6 Å². The van der Waals surface area contributed by atoms with Crippen molar-refractivity contribution in [3.05, 3.63) is 0 Å². The maximum Gasteiger partial charge on any atom is 0.0364 e. The van der Waals surface area contributed by atoms with Gasteiger partial charge in [0.2, 0.25) is 0 Å². The largest absolute Gasteiger partial charge is 0.123 e. The predicted molar refractivity (Wildman–Crippen MR) is 57.9 cm³/mol. The van der Waals surface area contributed by atoms with E-state index >= 15 is 0 Å². The lowest BCUT2D eigenvalue weighted by molar-refractivity contribution is 0.415. The molecular weight excluding hydrogens is 168 g/mol. The molecule has 0 amide bonds. The van der Waals surface area contributed by atoms with E-state index in [-0.39, 0.29) is 0 Å². The van der Waals surface area contributed by atoms with Gasteiger partial charge in [0.15, 0.2) is 0 Å². The van der Waals surface area contributed by atoms with Crippen LogP contribution in [-0.4, -0.2) is 5.38 Å². The summed E-state index contributed by atoms with van der Waals surface area (Å²) in [6, 6.07) is 0. The summed E-state index contributed by atoms with van der Waals surface area (Å²) in [6.45, 7) is 6.71. The molecule has 0 aromatic heterocycles. The lowest BCUT2D eigenvalue weighted by Crippen LogP contribution is -2.13. The molecule has 0 bridgehead atoms. The number of unbranched alkanes of at least 4 members (excludes halogenated alkanes) is 1. The predicted octanol–water partition coefficient (Wildman–Crippen LogP) is 4.61. The van der Waals surface area contributed by atoms with E-state index in [1.807, 2.05) is 0 Å². The van der Waals surface area contributed by atoms with Crippen LogP contribution in [0.5, 0.6) is 0 Å². The average Bonchev–Trinajstić information content (AvgIpc) is 2.06. The van der Waals surface area contributed by atoms with E-state index in [1.54, 1.807) is 0 Å². The molecule has 2 atom stereocenters. The highest BCUT2D eigenvalue weighted by molar-refractivity contribution is 6.20. The fourth-order valence-electron chi connectivity index (χ4n) is 1.62. The molecular formula is C11H23Cl. The molecule has 0 radical (unpaired) electrons. The molecule has 0 spiro atoms. The van der Waals surface area contributed by atoms with Crippen LogP contribution in [0.25, 0.3) is 0 Å². The van der Waals surface area contributed by atoms with E-state index in [9.17, 15) is 0 Å². The van der Waals surface area contributed by atoms with Gasteiger partial charge >= 0.3 is 0 Å². The van der Waals surface area contributed by atoms with Crippen molar-refractivity contribution in [3.63, 3.8) is 0 Å². The first kappa shape index (κ1) is 12.3. The van der Waals surface area contributed by atoms with E-state index in [4.69, 9.17) is 11.6 Å². The van der Waals surface area contributed by atoms with Crippen LogP contribution in [0.3, 0.4) is 0 Å². The molecule has 0 aromatic rings. The molecule has 74 valence electrons. The Balaban J connectivity index is 3.62. The topological polar surface area (TPSA) is 0 Å². The van der Waals surface area contributed by atoms with E-state index in [0.29, 0.717) is 5.38 Å². The first-order valence-corrected chi connectivity index (χ1v) is 5.83. The van der Waals surface area contributed by atoms with E-state index in [0.717, 1.165) is 5.92 Å². The van der Waals surface area contributed by atoms with E-state index < -0.39 is 0 Å². The van der Waals surface area contributed by atoms with Crippen LogP contribution in [0.2, 0.25) is 0 Å². The van der Waals surface area contributed by atoms with Crippen molar-refractivity contribution in [1.29, 1.82) is 0 Å². The average molecular weight is 191 g/mol. The van der Waals surface area contributed by atoms with Crippen LogP contribution in [0.1, 0.15) is 59.3 Å². The van der Waals surface area contributed by atoms with Gasteiger partial charge in [-0.1, -0.05) is 46.5 Å². The highest BCUT2D eigenvalue weighted by Gasteiger charge is 2.15. The molecule has 2 unspecified atom stereocenters. The second-order valence-corrected chi connectivity index (χ2v) is 4.18. The fourth-order valence-corrected chi connectivity index (χ4v) is 2.14. The quantitative estimate of drug-likeness (QED) is 0.515. The summed E-state index contributed by atoms with van der Waals surface area (Å²) >= 11 is 6.28. The smallest absolute Gasteiger partial charge is 0.0364 e. The molecule has 0 aliphatic heterocycles. The summed E-state index contributed by atoms with van der Waals surface area (Å²) in [5, 5.41) is 0.423. The molecule has 0 fully saturated rings. The molecule has 0 saturated heterocycles. The van der Waals surface area contributed by atoms with Gasteiger partial charge in [0.1, 0.15) is 0 Å². The summed E-state index contributed by atoms with van der Waals surface area (Å²) < 4.78 is 0. The minimum absolute atomic E-state index is 0.423. The molecule has 0 saturated carbocycles. The number of hydrogen-bond acceptors (Lipinski definition) is 0. The minimum atomic E-state index is 0.423. The Hall–Kier alpha value is 0.290. The van der Waals surface area contributed by atoms with Crippen LogP contribution in [-0.2, 0) is 0 Å². The van der Waals surface area contributed by atoms with Gasteiger partial charge in [0.25, 0.3) is 0 Å². The molecule has 1 heteroatoms. The third kappa shape index (κ3) is 5.03. The first-order valence-electron chi connectivity index (χ1n) is 5.40. The molecule has 0 aliphatic rings. The van der Waals surface area contributed by atoms with Crippen LogP contribution in [0.15, 0.2) is 0 Å². The number of hydrogen-bond donors (Lipinski definition) is 0. The molecule has 0 rings (SSSR count). The Morgan fingerprint density at radius 3 is 2.08 bits per heavy atom. The molecule has 12 heavy (non-hydrogen) atoms. The molecule has 0 aromatic carbocycles. The van der Waals surface area contributed by atoms with Crippen molar-refractivity contribution < 1.29 is 0 Å². The van der Waals surface area contributed by atoms with Crippen molar-refractivity contribution in [2.45, 2.75) is 64.7 Å². The summed E-state index contributed by atoms with van der Waals surface area (Å²) in [7, 11) is 0. The standard InChI is InChI=1S/C11H23Cl/c1-4-7-9-10(6-3)11(12)8-5-2/h10-11H,4-9H2,1-3H3. The zero-order valence-corrected chi connectivity index (χ0v) is 9.53. The van der Waals surface area contributed by atoms with Gasteiger partial charge in [-0.3, -0.25) is 0 Å². The van der Waals surface area contributed by atoms with Crippen LogP contribution >= 0.6 is 11.6 Å². The monoisotopic (exact) mass is 190 g/mol. The van der Waals surface area contributed by atoms with Crippen LogP contribution in [0, 0.1) is 5.92 Å². The van der Waals surface area contributed by atoms with Crippen molar-refractivity contribution in [2.24, 2.45) is 5.92 Å². The Kier molecular flexibility index (Phi) is 8.11. The van der Waals surface area contributed by atoms with Crippen LogP contribution in [0.4, 0.5) is 0 Å². The number of alkyl halides is 1. The van der Waals surface area contributed by atoms with Crippen LogP contribution < -0.4 is 0 Å². The van der Waals surface area contributed by atoms with E-state index in [2.05, 4.69) is 20.8 Å². The first-order chi connectivity index (χ1) is 5.76. The fraction of sp³-hybridized carbons (Fsp3) is 1.00. The van der Waals surface area contributed by atoms with E-state index in [1.165, 1.54) is 38.5 Å². The van der Waals surface area contributed by atoms with Gasteiger partial charge in [0.05, 0.1) is 0 Å². The zero-order valence-electron chi connectivity index (χ0n) is 8.78. The molecule has 0 aliphatic carbocycles. The van der Waals surface area contributed by atoms with Gasteiger partial charge in [0, 0.05) is 5.38 Å². The summed E-state index contributed by atoms with van der Waals surface area (Å²) in [4.78, 5) is 0. The van der Waals surface area contributed by atoms with Crippen molar-refractivity contribution in [2.75, 3.05) is 0 Å². The van der Waals surface area contributed by atoms with Gasteiger partial charge < -0.3 is 0 Å². The summed E-state index contributed by atoms with van der Waals surface area (Å²) in [5.41, 5.74) is 0. The number of halogens is 1. The number of rotatable bonds is 7. The molecule has 0 nitrogen and oxygen atoms in total. The Morgan fingerprint density at radius 1 is 1.00 bits per heavy atom. The van der Waals surface area contributed by atoms with Crippen molar-refractivity contribution in [1.82, 2.24) is 0 Å². The van der Waals surface area contributed by atoms with Gasteiger partial charge in [-0.2, -0.15) is 0 Å². The van der Waals surface area contributed by atoms with Gasteiger partial charge in [-0.05, 0) is 18.8 Å². The third-order valence-electron chi connectivity index (χ3n) is 2.53. The van der Waals surface area contributed by atoms with Crippen molar-refractivity contribution >= 4 is 11.6 Å². The lowest BCUT2D eigenvalue weighted by atomic mass is 9.93. The highest BCUT2D eigenvalue weighted by Crippen LogP contribution is 2.24. The summed E-state index contributed by atoms with van der Waals surface area (Å²) in [6.07, 6.45) is 7.60. The maximum absolute atomic E-state index is 6.28. The molecule has 0 heterocycles.